The van der Waals surface area contributed by atoms with E-state index in [0.717, 1.165) is 30.6 Å². The zero-order chi connectivity index (χ0) is 11.4. The van der Waals surface area contributed by atoms with E-state index >= 15 is 0 Å². The molecule has 1 aromatic rings. The number of rotatable bonds is 4. The molecule has 4 heteroatoms. The van der Waals surface area contributed by atoms with Crippen LogP contribution in [-0.4, -0.2) is 29.7 Å². The van der Waals surface area contributed by atoms with Crippen LogP contribution in [0, 0.1) is 6.92 Å². The molecule has 88 valence electrons. The summed E-state index contributed by atoms with van der Waals surface area (Å²) >= 11 is 0. The summed E-state index contributed by atoms with van der Waals surface area (Å²) < 4.78 is 5.19. The molecule has 16 heavy (non-hydrogen) atoms. The third-order valence-electron chi connectivity index (χ3n) is 3.23. The second kappa shape index (κ2) is 5.25. The first-order valence-corrected chi connectivity index (χ1v) is 5.89. The molecule has 0 aromatic carbocycles. The Bertz CT molecular complexity index is 348. The topological polar surface area (TPSA) is 47.0 Å². The van der Waals surface area contributed by atoms with Crippen molar-refractivity contribution in [3.63, 3.8) is 0 Å². The van der Waals surface area contributed by atoms with Crippen LogP contribution >= 0.6 is 0 Å². The van der Waals surface area contributed by atoms with E-state index in [1.54, 1.807) is 13.4 Å². The van der Waals surface area contributed by atoms with Crippen molar-refractivity contribution in [3.8, 4) is 5.88 Å². The Hall–Kier alpha value is -1.16. The lowest BCUT2D eigenvalue weighted by Crippen LogP contribution is -2.22. The third-order valence-corrected chi connectivity index (χ3v) is 3.23. The highest BCUT2D eigenvalue weighted by atomic mass is 16.5. The Labute approximate surface area is 96.4 Å². The molecule has 0 radical (unpaired) electrons. The van der Waals surface area contributed by atoms with Crippen molar-refractivity contribution in [3.05, 3.63) is 17.6 Å². The fourth-order valence-corrected chi connectivity index (χ4v) is 2.24. The summed E-state index contributed by atoms with van der Waals surface area (Å²) in [6.45, 7) is 3.19. The molecule has 1 N–H and O–H groups in total. The van der Waals surface area contributed by atoms with E-state index in [4.69, 9.17) is 4.74 Å². The Morgan fingerprint density at radius 2 is 2.38 bits per heavy atom. The van der Waals surface area contributed by atoms with Gasteiger partial charge in [-0.05, 0) is 39.2 Å². The highest BCUT2D eigenvalue weighted by Gasteiger charge is 2.15. The number of nitrogens with one attached hydrogen (secondary N) is 1. The molecule has 2 rings (SSSR count). The van der Waals surface area contributed by atoms with Gasteiger partial charge in [-0.3, -0.25) is 0 Å². The summed E-state index contributed by atoms with van der Waals surface area (Å²) in [5, 5.41) is 3.50. The summed E-state index contributed by atoms with van der Waals surface area (Å²) in [4.78, 5) is 8.42. The van der Waals surface area contributed by atoms with Crippen LogP contribution in [0.4, 0.5) is 0 Å². The van der Waals surface area contributed by atoms with Gasteiger partial charge in [-0.1, -0.05) is 0 Å². The molecule has 1 fully saturated rings. The lowest BCUT2D eigenvalue weighted by molar-refractivity contribution is 0.392. The fraction of sp³-hybridized carbons (Fsp3) is 0.667. The molecule has 1 aliphatic rings. The molecular weight excluding hydrogens is 202 g/mol. The van der Waals surface area contributed by atoms with Crippen molar-refractivity contribution < 1.29 is 4.74 Å². The van der Waals surface area contributed by atoms with Crippen LogP contribution in [0.5, 0.6) is 5.88 Å². The minimum Gasteiger partial charge on any atom is -0.481 e. The molecule has 0 amide bonds. The van der Waals surface area contributed by atoms with Crippen LogP contribution < -0.4 is 10.1 Å². The molecular formula is C12H19N3O. The standard InChI is InChI=1S/C12H19N3O/c1-9-11(14-8-15-12(9)16-2)6-5-10-4-3-7-13-10/h8,10,13H,3-7H2,1-2H3. The summed E-state index contributed by atoms with van der Waals surface area (Å²) in [7, 11) is 1.65. The minimum atomic E-state index is 0.667. The maximum Gasteiger partial charge on any atom is 0.219 e. The fourth-order valence-electron chi connectivity index (χ4n) is 2.24. The van der Waals surface area contributed by atoms with Gasteiger partial charge in [0.25, 0.3) is 0 Å². The van der Waals surface area contributed by atoms with Gasteiger partial charge >= 0.3 is 0 Å². The number of aryl methyl sites for hydroxylation is 1. The maximum absolute atomic E-state index is 5.19. The minimum absolute atomic E-state index is 0.667. The van der Waals surface area contributed by atoms with E-state index in [1.165, 1.54) is 12.8 Å². The third kappa shape index (κ3) is 2.50. The summed E-state index contributed by atoms with van der Waals surface area (Å²) in [6.07, 6.45) is 6.34. The van der Waals surface area contributed by atoms with Crippen molar-refractivity contribution in [1.82, 2.24) is 15.3 Å². The van der Waals surface area contributed by atoms with Gasteiger partial charge in [0.05, 0.1) is 12.8 Å². The lowest BCUT2D eigenvalue weighted by Gasteiger charge is -2.11. The van der Waals surface area contributed by atoms with Gasteiger partial charge in [-0.2, -0.15) is 0 Å². The average Bonchev–Trinajstić information content (AvgIpc) is 2.81. The molecule has 4 nitrogen and oxygen atoms in total. The monoisotopic (exact) mass is 221 g/mol. The van der Waals surface area contributed by atoms with E-state index in [1.807, 2.05) is 6.92 Å². The molecule has 0 spiro atoms. The SMILES string of the molecule is COc1ncnc(CCC2CCCN2)c1C. The number of hydrogen-bond donors (Lipinski definition) is 1. The normalized spacial score (nSPS) is 20.0. The van der Waals surface area contributed by atoms with E-state index in [2.05, 4.69) is 15.3 Å². The van der Waals surface area contributed by atoms with Crippen molar-refractivity contribution in [2.45, 2.75) is 38.6 Å². The van der Waals surface area contributed by atoms with Gasteiger partial charge in [-0.25, -0.2) is 9.97 Å². The van der Waals surface area contributed by atoms with Gasteiger partial charge in [0.15, 0.2) is 0 Å². The highest BCUT2D eigenvalue weighted by Crippen LogP contribution is 2.18. The summed E-state index contributed by atoms with van der Waals surface area (Å²) in [6, 6.07) is 0.667. The zero-order valence-corrected chi connectivity index (χ0v) is 9.99. The summed E-state index contributed by atoms with van der Waals surface area (Å²) in [5.41, 5.74) is 2.18. The Morgan fingerprint density at radius 1 is 1.50 bits per heavy atom. The highest BCUT2D eigenvalue weighted by molar-refractivity contribution is 5.28. The van der Waals surface area contributed by atoms with Gasteiger partial charge in [0.1, 0.15) is 6.33 Å². The number of aromatic nitrogens is 2. The van der Waals surface area contributed by atoms with E-state index in [0.29, 0.717) is 11.9 Å². The maximum atomic E-state index is 5.19. The van der Waals surface area contributed by atoms with Crippen LogP contribution in [0.25, 0.3) is 0 Å². The number of methoxy groups -OCH3 is 1. The van der Waals surface area contributed by atoms with Crippen LogP contribution in [0.3, 0.4) is 0 Å². The van der Waals surface area contributed by atoms with Crippen LogP contribution in [0.1, 0.15) is 30.5 Å². The molecule has 1 saturated heterocycles. The smallest absolute Gasteiger partial charge is 0.219 e. The number of hydrogen-bond acceptors (Lipinski definition) is 4. The first-order chi connectivity index (χ1) is 7.81. The Balaban J connectivity index is 1.97. The molecule has 1 aromatic heterocycles. The predicted octanol–water partition coefficient (Wildman–Crippen LogP) is 1.48. The molecule has 0 saturated carbocycles. The van der Waals surface area contributed by atoms with E-state index in [9.17, 15) is 0 Å². The first kappa shape index (κ1) is 11.3. The van der Waals surface area contributed by atoms with Crippen LogP contribution in [-0.2, 0) is 6.42 Å². The molecule has 1 unspecified atom stereocenters. The van der Waals surface area contributed by atoms with E-state index < -0.39 is 0 Å². The first-order valence-electron chi connectivity index (χ1n) is 5.89. The Kier molecular flexibility index (Phi) is 3.72. The number of ether oxygens (including phenoxy) is 1. The van der Waals surface area contributed by atoms with Crippen molar-refractivity contribution in [2.75, 3.05) is 13.7 Å². The number of nitrogens with zero attached hydrogens (tertiary/aromatic N) is 2. The second-order valence-electron chi connectivity index (χ2n) is 4.29. The second-order valence-corrected chi connectivity index (χ2v) is 4.29. The quantitative estimate of drug-likeness (QED) is 0.836. The molecule has 1 aliphatic heterocycles. The molecule has 0 aliphatic carbocycles. The predicted molar refractivity (Wildman–Crippen MR) is 62.7 cm³/mol. The largest absolute Gasteiger partial charge is 0.481 e. The van der Waals surface area contributed by atoms with Crippen molar-refractivity contribution >= 4 is 0 Å². The van der Waals surface area contributed by atoms with Crippen molar-refractivity contribution in [1.29, 1.82) is 0 Å². The van der Waals surface area contributed by atoms with Crippen molar-refractivity contribution in [2.24, 2.45) is 0 Å². The van der Waals surface area contributed by atoms with Gasteiger partial charge in [-0.15, -0.1) is 0 Å². The molecule has 2 heterocycles. The molecule has 1 atom stereocenters. The lowest BCUT2D eigenvalue weighted by atomic mass is 10.1. The zero-order valence-electron chi connectivity index (χ0n) is 9.99. The molecule has 0 bridgehead atoms. The van der Waals surface area contributed by atoms with Gasteiger partial charge < -0.3 is 10.1 Å². The van der Waals surface area contributed by atoms with Gasteiger partial charge in [0.2, 0.25) is 5.88 Å². The Morgan fingerprint density at radius 3 is 3.06 bits per heavy atom. The van der Waals surface area contributed by atoms with Crippen LogP contribution in [0.15, 0.2) is 6.33 Å². The average molecular weight is 221 g/mol. The van der Waals surface area contributed by atoms with Crippen LogP contribution in [0.2, 0.25) is 0 Å². The van der Waals surface area contributed by atoms with Gasteiger partial charge in [0, 0.05) is 11.6 Å². The summed E-state index contributed by atoms with van der Waals surface area (Å²) in [5.74, 6) is 0.699. The van der Waals surface area contributed by atoms with E-state index in [-0.39, 0.29) is 0 Å².